The highest BCUT2D eigenvalue weighted by Crippen LogP contribution is 2.36. The van der Waals surface area contributed by atoms with Crippen molar-refractivity contribution >= 4 is 29.2 Å². The molecular weight excluding hydrogens is 330 g/mol. The monoisotopic (exact) mass is 341 g/mol. The lowest BCUT2D eigenvalue weighted by Gasteiger charge is -2.00. The van der Waals surface area contributed by atoms with Crippen LogP contribution in [0, 0.1) is 20.2 Å². The molecule has 1 heterocycles. The molecule has 2 aromatic rings. The minimum absolute atomic E-state index is 0.0116. The summed E-state index contributed by atoms with van der Waals surface area (Å²) < 4.78 is 5.24. The van der Waals surface area contributed by atoms with Crippen molar-refractivity contribution in [2.24, 2.45) is 0 Å². The second kappa shape index (κ2) is 7.51. The summed E-state index contributed by atoms with van der Waals surface area (Å²) >= 11 is 0.829. The van der Waals surface area contributed by atoms with E-state index in [0.29, 0.717) is 13.0 Å². The van der Waals surface area contributed by atoms with Crippen LogP contribution in [0.2, 0.25) is 0 Å². The van der Waals surface area contributed by atoms with Crippen molar-refractivity contribution in [1.29, 1.82) is 0 Å². The number of aromatic nitrogens is 2. The van der Waals surface area contributed by atoms with Crippen LogP contribution in [-0.4, -0.2) is 38.3 Å². The fraction of sp³-hybridized carbons (Fsp3) is 0.273. The van der Waals surface area contributed by atoms with Gasteiger partial charge in [-0.3, -0.25) is 20.2 Å². The molecule has 2 N–H and O–H groups in total. The summed E-state index contributed by atoms with van der Waals surface area (Å²) in [5, 5.41) is 40.6. The smallest absolute Gasteiger partial charge is 0.316 e. The summed E-state index contributed by atoms with van der Waals surface area (Å²) in [5.41, 5.74) is -0.796. The summed E-state index contributed by atoms with van der Waals surface area (Å²) in [4.78, 5) is 20.4. The Hall–Kier alpha value is -2.73. The normalized spacial score (nSPS) is 10.5. The van der Waals surface area contributed by atoms with Crippen molar-refractivity contribution in [3.05, 3.63) is 38.4 Å². The molecule has 0 radical (unpaired) electrons. The molecule has 0 saturated heterocycles. The van der Waals surface area contributed by atoms with Gasteiger partial charge in [0.25, 0.3) is 16.6 Å². The molecule has 11 nitrogen and oxygen atoms in total. The van der Waals surface area contributed by atoms with Gasteiger partial charge in [-0.25, -0.2) is 0 Å². The number of aliphatic hydroxyl groups is 1. The van der Waals surface area contributed by atoms with Crippen molar-refractivity contribution in [3.63, 3.8) is 0 Å². The van der Waals surface area contributed by atoms with Gasteiger partial charge in [0.15, 0.2) is 0 Å². The predicted octanol–water partition coefficient (Wildman–Crippen LogP) is 1.83. The molecule has 0 aliphatic heterocycles. The van der Waals surface area contributed by atoms with Gasteiger partial charge in [-0.05, 0) is 24.2 Å². The molecule has 0 aliphatic carbocycles. The summed E-state index contributed by atoms with van der Waals surface area (Å²) in [7, 11) is 0. The van der Waals surface area contributed by atoms with Gasteiger partial charge in [-0.15, -0.1) is 0 Å². The molecule has 0 unspecified atom stereocenters. The largest absolute Gasteiger partial charge is 0.398 e. The summed E-state index contributed by atoms with van der Waals surface area (Å²) in [6.07, 6.45) is 0.499. The number of aliphatic hydroxyl groups excluding tert-OH is 1. The molecule has 0 saturated carbocycles. The van der Waals surface area contributed by atoms with Crippen LogP contribution in [0.5, 0.6) is 0 Å². The highest BCUT2D eigenvalue weighted by molar-refractivity contribution is 7.99. The van der Waals surface area contributed by atoms with Gasteiger partial charge in [0, 0.05) is 19.2 Å². The first kappa shape index (κ1) is 16.6. The lowest BCUT2D eigenvalue weighted by molar-refractivity contribution is -0.396. The quantitative estimate of drug-likeness (QED) is 0.412. The average molecular weight is 341 g/mol. The summed E-state index contributed by atoms with van der Waals surface area (Å²) in [5.74, 6) is 0. The van der Waals surface area contributed by atoms with E-state index in [4.69, 9.17) is 9.52 Å². The van der Waals surface area contributed by atoms with E-state index in [2.05, 4.69) is 15.5 Å². The van der Waals surface area contributed by atoms with Crippen LogP contribution in [0.25, 0.3) is 0 Å². The van der Waals surface area contributed by atoms with Crippen LogP contribution in [-0.2, 0) is 0 Å². The van der Waals surface area contributed by atoms with E-state index in [-0.39, 0.29) is 28.4 Å². The van der Waals surface area contributed by atoms with Crippen molar-refractivity contribution in [3.8, 4) is 0 Å². The fourth-order valence-electron chi connectivity index (χ4n) is 1.54. The number of nitrogens with one attached hydrogen (secondary N) is 1. The van der Waals surface area contributed by atoms with E-state index in [0.717, 1.165) is 23.9 Å². The molecule has 23 heavy (non-hydrogen) atoms. The molecule has 122 valence electrons. The molecule has 0 atom stereocenters. The number of hydrogen-bond acceptors (Lipinski definition) is 10. The Kier molecular flexibility index (Phi) is 5.43. The van der Waals surface area contributed by atoms with Crippen LogP contribution in [0.3, 0.4) is 0 Å². The number of rotatable bonds is 8. The average Bonchev–Trinajstić information content (AvgIpc) is 2.95. The summed E-state index contributed by atoms with van der Waals surface area (Å²) in [6, 6.07) is 3.40. The standard InChI is InChI=1S/C11H11N5O6S/c17-5-1-4-12-10-13-14-11(22-10)23-9-3-2-7(15(18)19)6-8(9)16(20)21/h2-3,6,17H,1,4-5H2,(H,12,13). The van der Waals surface area contributed by atoms with E-state index in [1.807, 2.05) is 0 Å². The number of non-ortho nitro benzene ring substituents is 1. The Morgan fingerprint density at radius 2 is 2.04 bits per heavy atom. The van der Waals surface area contributed by atoms with Gasteiger partial charge in [0.1, 0.15) is 0 Å². The molecule has 12 heteroatoms. The number of anilines is 1. The van der Waals surface area contributed by atoms with Gasteiger partial charge in [-0.2, -0.15) is 0 Å². The van der Waals surface area contributed by atoms with Gasteiger partial charge < -0.3 is 14.8 Å². The van der Waals surface area contributed by atoms with Crippen molar-refractivity contribution in [2.75, 3.05) is 18.5 Å². The summed E-state index contributed by atoms with van der Waals surface area (Å²) in [6.45, 7) is 0.443. The van der Waals surface area contributed by atoms with E-state index in [9.17, 15) is 20.2 Å². The maximum absolute atomic E-state index is 11.0. The molecule has 0 aliphatic rings. The first-order valence-corrected chi connectivity index (χ1v) is 7.12. The molecule has 2 rings (SSSR count). The van der Waals surface area contributed by atoms with Gasteiger partial charge in [0.2, 0.25) is 0 Å². The van der Waals surface area contributed by atoms with Crippen LogP contribution in [0.4, 0.5) is 17.4 Å². The third kappa shape index (κ3) is 4.37. The minimum Gasteiger partial charge on any atom is -0.398 e. The molecule has 1 aromatic heterocycles. The minimum atomic E-state index is -0.716. The molecular formula is C11H11N5O6S. The Morgan fingerprint density at radius 1 is 1.26 bits per heavy atom. The zero-order chi connectivity index (χ0) is 16.8. The fourth-order valence-corrected chi connectivity index (χ4v) is 2.30. The first-order chi connectivity index (χ1) is 11.0. The van der Waals surface area contributed by atoms with E-state index < -0.39 is 15.5 Å². The molecule has 0 fully saturated rings. The molecule has 0 amide bonds. The zero-order valence-electron chi connectivity index (χ0n) is 11.5. The Balaban J connectivity index is 2.16. The van der Waals surface area contributed by atoms with Crippen LogP contribution >= 0.6 is 11.8 Å². The Bertz CT molecular complexity index is 721. The predicted molar refractivity (Wildman–Crippen MR) is 78.4 cm³/mol. The Morgan fingerprint density at radius 3 is 2.70 bits per heavy atom. The van der Waals surface area contributed by atoms with Crippen LogP contribution in [0.15, 0.2) is 32.7 Å². The lowest BCUT2D eigenvalue weighted by Crippen LogP contribution is -2.03. The third-order valence-electron chi connectivity index (χ3n) is 2.56. The van der Waals surface area contributed by atoms with Gasteiger partial charge >= 0.3 is 6.01 Å². The van der Waals surface area contributed by atoms with E-state index >= 15 is 0 Å². The second-order valence-electron chi connectivity index (χ2n) is 4.15. The van der Waals surface area contributed by atoms with Crippen LogP contribution in [0.1, 0.15) is 6.42 Å². The van der Waals surface area contributed by atoms with Gasteiger partial charge in [-0.1, -0.05) is 10.2 Å². The van der Waals surface area contributed by atoms with E-state index in [1.54, 1.807) is 0 Å². The maximum Gasteiger partial charge on any atom is 0.316 e. The molecule has 0 spiro atoms. The highest BCUT2D eigenvalue weighted by atomic mass is 32.2. The number of hydrogen-bond donors (Lipinski definition) is 2. The topological polar surface area (TPSA) is 157 Å². The second-order valence-corrected chi connectivity index (χ2v) is 5.14. The lowest BCUT2D eigenvalue weighted by atomic mass is 10.3. The first-order valence-electron chi connectivity index (χ1n) is 6.30. The van der Waals surface area contributed by atoms with Crippen molar-refractivity contribution in [1.82, 2.24) is 10.2 Å². The molecule has 1 aromatic carbocycles. The maximum atomic E-state index is 11.0. The number of nitro groups is 2. The SMILES string of the molecule is O=[N+]([O-])c1ccc(Sc2nnc(NCCCO)o2)c([N+](=O)[O-])c1. The number of benzene rings is 1. The van der Waals surface area contributed by atoms with E-state index in [1.165, 1.54) is 6.07 Å². The Labute approximate surface area is 133 Å². The number of nitro benzene ring substituents is 2. The van der Waals surface area contributed by atoms with Crippen molar-refractivity contribution < 1.29 is 19.4 Å². The van der Waals surface area contributed by atoms with Gasteiger partial charge in [0.05, 0.1) is 20.8 Å². The zero-order valence-corrected chi connectivity index (χ0v) is 12.4. The van der Waals surface area contributed by atoms with Crippen molar-refractivity contribution in [2.45, 2.75) is 16.5 Å². The third-order valence-corrected chi connectivity index (χ3v) is 3.47. The molecule has 0 bridgehead atoms. The van der Waals surface area contributed by atoms with Crippen LogP contribution < -0.4 is 5.32 Å². The highest BCUT2D eigenvalue weighted by Gasteiger charge is 2.22. The number of nitrogens with zero attached hydrogens (tertiary/aromatic N) is 4.